The van der Waals surface area contributed by atoms with Crippen molar-refractivity contribution in [2.45, 2.75) is 40.4 Å². The minimum Gasteiger partial charge on any atom is -0.353 e. The second kappa shape index (κ2) is 11.7. The van der Waals surface area contributed by atoms with E-state index in [2.05, 4.69) is 15.7 Å². The fourth-order valence-corrected chi connectivity index (χ4v) is 4.62. The first kappa shape index (κ1) is 26.6. The van der Waals surface area contributed by atoms with Gasteiger partial charge in [0.2, 0.25) is 5.91 Å². The zero-order valence-electron chi connectivity index (χ0n) is 22.1. The molecule has 0 spiro atoms. The molecule has 0 radical (unpaired) electrons. The van der Waals surface area contributed by atoms with E-state index in [1.165, 1.54) is 12.1 Å². The number of hydrazine groups is 1. The summed E-state index contributed by atoms with van der Waals surface area (Å²) in [5.41, 5.74) is 4.52. The molecule has 0 fully saturated rings. The third-order valence-electron chi connectivity index (χ3n) is 6.73. The fraction of sp³-hybridized carbons (Fsp3) is 0.444. The van der Waals surface area contributed by atoms with Gasteiger partial charge in [-0.3, -0.25) is 19.3 Å². The lowest BCUT2D eigenvalue weighted by atomic mass is 10.1. The minimum absolute atomic E-state index is 0.0204. The summed E-state index contributed by atoms with van der Waals surface area (Å²) in [6.45, 7) is 9.86. The number of nitrogens with one attached hydrogen (secondary N) is 2. The Morgan fingerprint density at radius 3 is 2.62 bits per heavy atom. The van der Waals surface area contributed by atoms with Crippen LogP contribution in [0, 0.1) is 12.7 Å². The van der Waals surface area contributed by atoms with E-state index in [-0.39, 0.29) is 30.7 Å². The predicted octanol–water partition coefficient (Wildman–Crippen LogP) is 2.43. The Balaban J connectivity index is 1.53. The molecule has 0 saturated heterocycles. The molecule has 2 aromatic carbocycles. The van der Waals surface area contributed by atoms with E-state index in [1.807, 2.05) is 53.7 Å². The van der Waals surface area contributed by atoms with Gasteiger partial charge in [-0.15, -0.1) is 0 Å². The number of likely N-dealkylation sites (N-methyl/N-ethyl adjacent to an activating group) is 2. The summed E-state index contributed by atoms with van der Waals surface area (Å²) in [4.78, 5) is 28.1. The zero-order valence-corrected chi connectivity index (χ0v) is 22.1. The van der Waals surface area contributed by atoms with Gasteiger partial charge in [-0.25, -0.2) is 9.40 Å². The van der Waals surface area contributed by atoms with Crippen molar-refractivity contribution in [2.24, 2.45) is 0 Å². The molecular formula is C27H36FN7O2. The highest BCUT2D eigenvalue weighted by Crippen LogP contribution is 2.28. The van der Waals surface area contributed by atoms with Gasteiger partial charge >= 0.3 is 0 Å². The zero-order chi connectivity index (χ0) is 26.5. The van der Waals surface area contributed by atoms with Crippen LogP contribution in [0.1, 0.15) is 30.5 Å². The van der Waals surface area contributed by atoms with Crippen LogP contribution in [-0.4, -0.2) is 71.4 Å². The van der Waals surface area contributed by atoms with Gasteiger partial charge < -0.3 is 15.5 Å². The van der Waals surface area contributed by atoms with Crippen LogP contribution in [0.2, 0.25) is 0 Å². The third kappa shape index (κ3) is 6.26. The quantitative estimate of drug-likeness (QED) is 0.386. The number of rotatable bonds is 11. The number of hydrogen-bond acceptors (Lipinski definition) is 6. The molecule has 4 rings (SSSR count). The average Bonchev–Trinajstić information content (AvgIpc) is 3.48. The maximum atomic E-state index is 13.7. The Hall–Kier alpha value is -3.50. The van der Waals surface area contributed by atoms with E-state index < -0.39 is 0 Å². The maximum absolute atomic E-state index is 13.7. The number of hydrogen-bond donors (Lipinski definition) is 2. The number of amides is 2. The largest absolute Gasteiger partial charge is 0.353 e. The van der Waals surface area contributed by atoms with E-state index in [0.29, 0.717) is 26.2 Å². The van der Waals surface area contributed by atoms with Crippen molar-refractivity contribution >= 4 is 28.4 Å². The molecule has 0 unspecified atom stereocenters. The standard InChI is InChI=1S/C27H36FN7O2/c1-5-29-9-10-30-26(36)17-33(25-13-22-14-34(6-2)31-24(22)11-19(25)3)18-27(37)32(4)35-15-20-7-8-23(28)12-21(20)16-35/h7-8,11-14,29H,5-6,9-10,15-18H2,1-4H3,(H,30,36). The minimum atomic E-state index is -0.279. The first-order valence-electron chi connectivity index (χ1n) is 12.8. The summed E-state index contributed by atoms with van der Waals surface area (Å²) in [5, 5.41) is 15.1. The van der Waals surface area contributed by atoms with E-state index in [1.54, 1.807) is 18.1 Å². The lowest BCUT2D eigenvalue weighted by molar-refractivity contribution is -0.145. The van der Waals surface area contributed by atoms with Crippen LogP contribution in [-0.2, 0) is 29.2 Å². The number of carbonyl (C=O) groups excluding carboxylic acids is 2. The second-order valence-electron chi connectivity index (χ2n) is 9.39. The lowest BCUT2D eigenvalue weighted by Gasteiger charge is -2.32. The lowest BCUT2D eigenvalue weighted by Crippen LogP contribution is -2.48. The van der Waals surface area contributed by atoms with Gasteiger partial charge in [0.25, 0.3) is 5.91 Å². The Labute approximate surface area is 217 Å². The summed E-state index contributed by atoms with van der Waals surface area (Å²) in [6.07, 6.45) is 1.97. The predicted molar refractivity (Wildman–Crippen MR) is 142 cm³/mol. The Kier molecular flexibility index (Phi) is 8.40. The van der Waals surface area contributed by atoms with Gasteiger partial charge in [0, 0.05) is 57.0 Å². The Bertz CT molecular complexity index is 1280. The number of halogens is 1. The molecule has 0 saturated carbocycles. The molecule has 198 valence electrons. The molecule has 0 atom stereocenters. The second-order valence-corrected chi connectivity index (χ2v) is 9.39. The number of aromatic nitrogens is 2. The van der Waals surface area contributed by atoms with Crippen LogP contribution in [0.5, 0.6) is 0 Å². The number of fused-ring (bicyclic) bond motifs is 2. The Morgan fingerprint density at radius 1 is 1.08 bits per heavy atom. The van der Waals surface area contributed by atoms with Gasteiger partial charge in [-0.05, 0) is 61.3 Å². The van der Waals surface area contributed by atoms with Crippen LogP contribution in [0.4, 0.5) is 10.1 Å². The van der Waals surface area contributed by atoms with Crippen LogP contribution < -0.4 is 15.5 Å². The smallest absolute Gasteiger partial charge is 0.256 e. The summed E-state index contributed by atoms with van der Waals surface area (Å²) in [7, 11) is 1.72. The van der Waals surface area contributed by atoms with Gasteiger partial charge in [-0.1, -0.05) is 13.0 Å². The SMILES string of the molecule is CCNCCNC(=O)CN(CC(=O)N(C)N1Cc2ccc(F)cc2C1)c1cc2cn(CC)nc2cc1C. The van der Waals surface area contributed by atoms with Crippen molar-refractivity contribution in [3.8, 4) is 0 Å². The third-order valence-corrected chi connectivity index (χ3v) is 6.73. The molecule has 1 aromatic heterocycles. The van der Waals surface area contributed by atoms with E-state index in [9.17, 15) is 14.0 Å². The first-order valence-corrected chi connectivity index (χ1v) is 12.8. The fourth-order valence-electron chi connectivity index (χ4n) is 4.62. The molecule has 1 aliphatic heterocycles. The normalized spacial score (nSPS) is 13.1. The number of aryl methyl sites for hydroxylation is 2. The monoisotopic (exact) mass is 509 g/mol. The van der Waals surface area contributed by atoms with Crippen molar-refractivity contribution < 1.29 is 14.0 Å². The van der Waals surface area contributed by atoms with Gasteiger partial charge in [0.15, 0.2) is 0 Å². The van der Waals surface area contributed by atoms with Crippen molar-refractivity contribution in [1.29, 1.82) is 0 Å². The van der Waals surface area contributed by atoms with Crippen LogP contribution in [0.15, 0.2) is 36.5 Å². The molecule has 9 nitrogen and oxygen atoms in total. The molecule has 2 heterocycles. The molecule has 0 bridgehead atoms. The highest BCUT2D eigenvalue weighted by Gasteiger charge is 2.27. The van der Waals surface area contributed by atoms with Gasteiger partial charge in [0.05, 0.1) is 18.6 Å². The van der Waals surface area contributed by atoms with E-state index in [4.69, 9.17) is 0 Å². The highest BCUT2D eigenvalue weighted by atomic mass is 19.1. The van der Waals surface area contributed by atoms with Crippen LogP contribution >= 0.6 is 0 Å². The summed E-state index contributed by atoms with van der Waals surface area (Å²) < 4.78 is 15.6. The molecule has 0 aliphatic carbocycles. The molecule has 2 N–H and O–H groups in total. The first-order chi connectivity index (χ1) is 17.8. The van der Waals surface area contributed by atoms with Crippen molar-refractivity contribution in [2.75, 3.05) is 44.7 Å². The number of benzene rings is 2. The molecule has 1 aliphatic rings. The maximum Gasteiger partial charge on any atom is 0.256 e. The topological polar surface area (TPSA) is 85.7 Å². The van der Waals surface area contributed by atoms with E-state index >= 15 is 0 Å². The molecule has 2 amide bonds. The van der Waals surface area contributed by atoms with Gasteiger partial charge in [-0.2, -0.15) is 5.10 Å². The van der Waals surface area contributed by atoms with E-state index in [0.717, 1.165) is 46.4 Å². The summed E-state index contributed by atoms with van der Waals surface area (Å²) in [6, 6.07) is 8.72. The molecule has 37 heavy (non-hydrogen) atoms. The summed E-state index contributed by atoms with van der Waals surface area (Å²) in [5.74, 6) is -0.586. The number of carbonyl (C=O) groups is 2. The molecular weight excluding hydrogens is 473 g/mol. The number of nitrogens with zero attached hydrogens (tertiary/aromatic N) is 5. The molecule has 10 heteroatoms. The van der Waals surface area contributed by atoms with Crippen molar-refractivity contribution in [3.63, 3.8) is 0 Å². The summed E-state index contributed by atoms with van der Waals surface area (Å²) >= 11 is 0. The highest BCUT2D eigenvalue weighted by molar-refractivity contribution is 5.90. The van der Waals surface area contributed by atoms with Crippen LogP contribution in [0.25, 0.3) is 10.9 Å². The average molecular weight is 510 g/mol. The van der Waals surface area contributed by atoms with Crippen molar-refractivity contribution in [3.05, 3.63) is 59.0 Å². The van der Waals surface area contributed by atoms with Gasteiger partial charge in [0.1, 0.15) is 5.82 Å². The number of anilines is 1. The molecule has 3 aromatic rings. The Morgan fingerprint density at radius 2 is 1.86 bits per heavy atom. The van der Waals surface area contributed by atoms with Crippen molar-refractivity contribution in [1.82, 2.24) is 30.4 Å². The van der Waals surface area contributed by atoms with Crippen LogP contribution in [0.3, 0.4) is 0 Å².